The van der Waals surface area contributed by atoms with E-state index in [1.807, 2.05) is 22.8 Å². The summed E-state index contributed by atoms with van der Waals surface area (Å²) < 4.78 is 0. The molecule has 1 rings (SSSR count). The Balaban J connectivity index is 2.53. The highest BCUT2D eigenvalue weighted by atomic mass is 32.1. The van der Waals surface area contributed by atoms with Crippen LogP contribution in [0.2, 0.25) is 0 Å². The Hall–Kier alpha value is -1.10. The van der Waals surface area contributed by atoms with Gasteiger partial charge in [0.2, 0.25) is 0 Å². The van der Waals surface area contributed by atoms with Crippen LogP contribution in [-0.2, 0) is 6.54 Å². The van der Waals surface area contributed by atoms with Gasteiger partial charge in [0.25, 0.3) is 0 Å². The van der Waals surface area contributed by atoms with Crippen molar-refractivity contribution in [2.45, 2.75) is 6.54 Å². The molecule has 0 spiro atoms. The number of nitrogens with two attached hydrogens (primary N) is 1. The van der Waals surface area contributed by atoms with E-state index in [4.69, 9.17) is 5.73 Å². The molecule has 0 aromatic carbocycles. The monoisotopic (exact) mass is 184 g/mol. The van der Waals surface area contributed by atoms with Crippen LogP contribution < -0.4 is 5.73 Å². The van der Waals surface area contributed by atoms with Crippen LogP contribution in [0.15, 0.2) is 15.9 Å². The van der Waals surface area contributed by atoms with E-state index in [-0.39, 0.29) is 0 Å². The molecule has 0 amide bonds. The number of hydrogen-bond donors (Lipinski definition) is 1. The third kappa shape index (κ3) is 2.20. The quantitative estimate of drug-likeness (QED) is 0.538. The molecule has 66 valence electrons. The van der Waals surface area contributed by atoms with Crippen molar-refractivity contribution in [2.75, 3.05) is 14.1 Å². The third-order valence-electron chi connectivity index (χ3n) is 1.50. The van der Waals surface area contributed by atoms with Gasteiger partial charge in [-0.1, -0.05) is 0 Å². The number of aliphatic imine (C=N–C) groups is 1. The van der Waals surface area contributed by atoms with Crippen LogP contribution in [0.5, 0.6) is 0 Å². The molecule has 0 saturated carbocycles. The van der Waals surface area contributed by atoms with Crippen LogP contribution in [0.1, 0.15) is 5.69 Å². The minimum atomic E-state index is 0.531. The number of hydrogen-bond acceptors (Lipinski definition) is 3. The molecule has 0 radical (unpaired) electrons. The Morgan fingerprint density at radius 3 is 3.08 bits per heavy atom. The smallest absolute Gasteiger partial charge is 0.191 e. The van der Waals surface area contributed by atoms with Gasteiger partial charge >= 0.3 is 0 Å². The normalized spacial score (nSPS) is 11.7. The molecule has 12 heavy (non-hydrogen) atoms. The maximum absolute atomic E-state index is 5.58. The zero-order valence-electron chi connectivity index (χ0n) is 7.19. The van der Waals surface area contributed by atoms with Crippen LogP contribution in [0.25, 0.3) is 0 Å². The molecule has 2 N–H and O–H groups in total. The van der Waals surface area contributed by atoms with Gasteiger partial charge in [-0.25, -0.2) is 4.98 Å². The van der Waals surface area contributed by atoms with Gasteiger partial charge in [-0.05, 0) is 0 Å². The first kappa shape index (κ1) is 8.99. The summed E-state index contributed by atoms with van der Waals surface area (Å²) in [6.45, 7) is 0.715. The van der Waals surface area contributed by atoms with Gasteiger partial charge in [0.1, 0.15) is 0 Å². The first-order valence-corrected chi connectivity index (χ1v) is 4.48. The molecule has 4 nitrogen and oxygen atoms in total. The molecule has 0 bridgehead atoms. The number of thiazole rings is 1. The van der Waals surface area contributed by atoms with Gasteiger partial charge in [0.15, 0.2) is 5.96 Å². The summed E-state index contributed by atoms with van der Waals surface area (Å²) in [5.41, 5.74) is 8.41. The van der Waals surface area contributed by atoms with Gasteiger partial charge in [-0.2, -0.15) is 0 Å². The largest absolute Gasteiger partial charge is 0.370 e. The van der Waals surface area contributed by atoms with E-state index in [2.05, 4.69) is 9.98 Å². The van der Waals surface area contributed by atoms with Crippen molar-refractivity contribution in [1.82, 2.24) is 9.88 Å². The molecule has 0 aliphatic heterocycles. The average molecular weight is 184 g/mol. The van der Waals surface area contributed by atoms with Crippen LogP contribution in [0.4, 0.5) is 0 Å². The van der Waals surface area contributed by atoms with Gasteiger partial charge in [-0.15, -0.1) is 11.3 Å². The van der Waals surface area contributed by atoms with Gasteiger partial charge in [0, 0.05) is 19.5 Å². The molecule has 1 heterocycles. The second-order valence-electron chi connectivity index (χ2n) is 2.42. The van der Waals surface area contributed by atoms with E-state index in [9.17, 15) is 0 Å². The predicted molar refractivity (Wildman–Crippen MR) is 51.1 cm³/mol. The molecule has 0 aliphatic carbocycles. The Labute approximate surface area is 75.7 Å². The molecular weight excluding hydrogens is 172 g/mol. The highest BCUT2D eigenvalue weighted by molar-refractivity contribution is 7.07. The number of nitrogens with zero attached hydrogens (tertiary/aromatic N) is 3. The maximum Gasteiger partial charge on any atom is 0.191 e. The summed E-state index contributed by atoms with van der Waals surface area (Å²) >= 11 is 1.58. The van der Waals surface area contributed by atoms with E-state index in [0.29, 0.717) is 12.5 Å². The van der Waals surface area contributed by atoms with Gasteiger partial charge in [-0.3, -0.25) is 4.99 Å². The predicted octanol–water partition coefficient (Wildman–Crippen LogP) is 0.519. The number of guanidine groups is 1. The summed E-state index contributed by atoms with van der Waals surface area (Å²) in [7, 11) is 3.56. The molecule has 0 unspecified atom stereocenters. The minimum absolute atomic E-state index is 0.531. The van der Waals surface area contributed by atoms with Crippen molar-refractivity contribution in [3.63, 3.8) is 0 Å². The SMILES string of the molecule is CN=C(N)N(C)Cc1cscn1. The summed E-state index contributed by atoms with van der Waals surface area (Å²) in [4.78, 5) is 9.86. The van der Waals surface area contributed by atoms with E-state index >= 15 is 0 Å². The second kappa shape index (κ2) is 4.06. The Morgan fingerprint density at radius 2 is 2.58 bits per heavy atom. The summed E-state index contributed by atoms with van der Waals surface area (Å²) in [6.07, 6.45) is 0. The lowest BCUT2D eigenvalue weighted by molar-refractivity contribution is 0.487. The van der Waals surface area contributed by atoms with Gasteiger partial charge in [0.05, 0.1) is 17.7 Å². The highest BCUT2D eigenvalue weighted by Gasteiger charge is 2.02. The first-order chi connectivity index (χ1) is 5.74. The third-order valence-corrected chi connectivity index (χ3v) is 2.14. The fourth-order valence-electron chi connectivity index (χ4n) is 0.810. The van der Waals surface area contributed by atoms with Crippen LogP contribution in [0, 0.1) is 0 Å². The molecule has 0 aliphatic rings. The summed E-state index contributed by atoms with van der Waals surface area (Å²) in [6, 6.07) is 0. The van der Waals surface area contributed by atoms with Crippen molar-refractivity contribution in [2.24, 2.45) is 10.7 Å². The van der Waals surface area contributed by atoms with Crippen LogP contribution >= 0.6 is 11.3 Å². The van der Waals surface area contributed by atoms with Crippen LogP contribution in [-0.4, -0.2) is 29.9 Å². The molecule has 0 saturated heterocycles. The lowest BCUT2D eigenvalue weighted by Crippen LogP contribution is -2.33. The minimum Gasteiger partial charge on any atom is -0.370 e. The van der Waals surface area contributed by atoms with Crippen molar-refractivity contribution in [3.05, 3.63) is 16.6 Å². The number of aromatic nitrogens is 1. The lowest BCUT2D eigenvalue weighted by Gasteiger charge is -2.15. The molecular formula is C7H12N4S. The Morgan fingerprint density at radius 1 is 1.83 bits per heavy atom. The van der Waals surface area contributed by atoms with Crippen molar-refractivity contribution < 1.29 is 0 Å². The number of rotatable bonds is 2. The zero-order chi connectivity index (χ0) is 8.97. The fraction of sp³-hybridized carbons (Fsp3) is 0.429. The summed E-state index contributed by atoms with van der Waals surface area (Å²) in [5.74, 6) is 0.531. The summed E-state index contributed by atoms with van der Waals surface area (Å²) in [5, 5.41) is 2.00. The molecule has 0 atom stereocenters. The van der Waals surface area contributed by atoms with Crippen molar-refractivity contribution in [1.29, 1.82) is 0 Å². The highest BCUT2D eigenvalue weighted by Crippen LogP contribution is 2.03. The Bertz CT molecular complexity index is 254. The van der Waals surface area contributed by atoms with E-state index in [1.165, 1.54) is 0 Å². The van der Waals surface area contributed by atoms with Crippen molar-refractivity contribution >= 4 is 17.3 Å². The van der Waals surface area contributed by atoms with Crippen LogP contribution in [0.3, 0.4) is 0 Å². The van der Waals surface area contributed by atoms with E-state index in [1.54, 1.807) is 18.4 Å². The molecule has 5 heteroatoms. The molecule has 1 aromatic rings. The van der Waals surface area contributed by atoms with E-state index < -0.39 is 0 Å². The second-order valence-corrected chi connectivity index (χ2v) is 3.14. The average Bonchev–Trinajstić information content (AvgIpc) is 2.55. The fourth-order valence-corrected chi connectivity index (χ4v) is 1.36. The standard InChI is InChI=1S/C7H12N4S/c1-9-7(8)11(2)3-6-4-12-5-10-6/h4-5H,3H2,1-2H3,(H2,8,9). The topological polar surface area (TPSA) is 54.5 Å². The lowest BCUT2D eigenvalue weighted by atomic mass is 10.4. The van der Waals surface area contributed by atoms with Crippen molar-refractivity contribution in [3.8, 4) is 0 Å². The molecule has 1 aromatic heterocycles. The zero-order valence-corrected chi connectivity index (χ0v) is 8.01. The van der Waals surface area contributed by atoms with E-state index in [0.717, 1.165) is 5.69 Å². The van der Waals surface area contributed by atoms with Gasteiger partial charge < -0.3 is 10.6 Å². The first-order valence-electron chi connectivity index (χ1n) is 3.54. The molecule has 0 fully saturated rings. The maximum atomic E-state index is 5.58. The Kier molecular flexibility index (Phi) is 3.04.